The van der Waals surface area contributed by atoms with Crippen LogP contribution in [0.4, 0.5) is 5.69 Å². The molecule has 1 aromatic carbocycles. The number of nitrogens with zero attached hydrogens (tertiary/aromatic N) is 2. The Balaban J connectivity index is 1.79. The number of ketones is 1. The van der Waals surface area contributed by atoms with Crippen LogP contribution in [-0.2, 0) is 25.6 Å². The molecule has 3 rings (SSSR count). The fourth-order valence-corrected chi connectivity index (χ4v) is 4.67. The summed E-state index contributed by atoms with van der Waals surface area (Å²) in [5.41, 5.74) is 0.0652. The zero-order valence-corrected chi connectivity index (χ0v) is 19.2. The number of phenolic OH excluding ortho intramolecular Hbond substituents is 1. The van der Waals surface area contributed by atoms with Gasteiger partial charge in [-0.3, -0.25) is 24.5 Å². The van der Waals surface area contributed by atoms with Crippen molar-refractivity contribution in [1.82, 2.24) is 10.4 Å². The lowest BCUT2D eigenvalue weighted by molar-refractivity contribution is -0.385. The van der Waals surface area contributed by atoms with Crippen LogP contribution in [0.25, 0.3) is 0 Å². The van der Waals surface area contributed by atoms with E-state index in [1.807, 2.05) is 6.92 Å². The summed E-state index contributed by atoms with van der Waals surface area (Å²) in [4.78, 5) is 42.6. The first-order chi connectivity index (χ1) is 15.8. The van der Waals surface area contributed by atoms with Gasteiger partial charge in [0.1, 0.15) is 5.78 Å². The van der Waals surface area contributed by atoms with Crippen molar-refractivity contribution in [3.05, 3.63) is 33.9 Å². The van der Waals surface area contributed by atoms with Crippen LogP contribution in [0.15, 0.2) is 18.2 Å². The molecule has 2 fully saturated rings. The van der Waals surface area contributed by atoms with Crippen molar-refractivity contribution >= 4 is 17.4 Å². The molecule has 0 spiro atoms. The lowest BCUT2D eigenvalue weighted by atomic mass is 9.85. The predicted octanol–water partition coefficient (Wildman–Crippen LogP) is 2.38. The minimum absolute atomic E-state index is 0.0267. The number of benzene rings is 1. The Labute approximate surface area is 193 Å². The van der Waals surface area contributed by atoms with E-state index >= 15 is 0 Å². The summed E-state index contributed by atoms with van der Waals surface area (Å²) in [6.07, 6.45) is 3.43. The number of phenols is 1. The highest BCUT2D eigenvalue weighted by Gasteiger charge is 2.36. The molecule has 2 aliphatic rings. The van der Waals surface area contributed by atoms with Gasteiger partial charge < -0.3 is 15.2 Å². The first-order valence-corrected chi connectivity index (χ1v) is 11.5. The van der Waals surface area contributed by atoms with E-state index in [0.29, 0.717) is 18.7 Å². The highest BCUT2D eigenvalue weighted by molar-refractivity contribution is 5.88. The van der Waals surface area contributed by atoms with Crippen LogP contribution in [-0.4, -0.2) is 65.7 Å². The summed E-state index contributed by atoms with van der Waals surface area (Å²) in [6, 6.07) is 4.12. The third-order valence-electron chi connectivity index (χ3n) is 6.53. The predicted molar refractivity (Wildman–Crippen MR) is 119 cm³/mol. The molecule has 10 heteroatoms. The molecule has 33 heavy (non-hydrogen) atoms. The van der Waals surface area contributed by atoms with Crippen LogP contribution in [0, 0.1) is 22.0 Å². The first-order valence-electron chi connectivity index (χ1n) is 11.5. The van der Waals surface area contributed by atoms with E-state index in [1.165, 1.54) is 23.3 Å². The molecule has 182 valence electrons. The number of carbonyl (C=O) groups is 2. The molecule has 0 radical (unpaired) electrons. The van der Waals surface area contributed by atoms with Gasteiger partial charge in [-0.05, 0) is 50.3 Å². The highest BCUT2D eigenvalue weighted by atomic mass is 16.7. The van der Waals surface area contributed by atoms with Gasteiger partial charge >= 0.3 is 5.69 Å². The largest absolute Gasteiger partial charge is 0.502 e. The zero-order chi connectivity index (χ0) is 24.0. The number of aromatic hydroxyl groups is 1. The van der Waals surface area contributed by atoms with Gasteiger partial charge in [0.2, 0.25) is 5.91 Å². The molecule has 0 saturated carbocycles. The Bertz CT molecular complexity index is 850. The number of nitro groups is 1. The molecular weight excluding hydrogens is 430 g/mol. The number of nitro benzene ring substituents is 1. The van der Waals surface area contributed by atoms with E-state index in [0.717, 1.165) is 32.2 Å². The van der Waals surface area contributed by atoms with Gasteiger partial charge in [0.05, 0.1) is 23.6 Å². The Morgan fingerprint density at radius 2 is 2.15 bits per heavy atom. The number of Topliss-reactive ketones (excluding diaryl/α,β-unsaturated/α-hetero) is 1. The molecule has 2 heterocycles. The summed E-state index contributed by atoms with van der Waals surface area (Å²) in [5.74, 6) is -2.01. The van der Waals surface area contributed by atoms with Gasteiger partial charge in [-0.15, -0.1) is 0 Å². The Hall–Kier alpha value is -2.56. The van der Waals surface area contributed by atoms with Crippen molar-refractivity contribution in [2.75, 3.05) is 26.8 Å². The van der Waals surface area contributed by atoms with Gasteiger partial charge in [-0.1, -0.05) is 13.0 Å². The Kier molecular flexibility index (Phi) is 8.76. The number of nitrogens with one attached hydrogen (secondary N) is 1. The standard InChI is InChI=1S/C23H33N3O7/c1-15(22(32-2)18-6-5-9-24-18)21(28)14-17(23(29)25-10-3-4-11-33-25)12-16-7-8-20(27)19(13-16)26(30)31/h7-8,13,15,17-18,22,24,27H,3-6,9-12,14H2,1-2H3/t15-,17+,18-,22+/m0/s1. The third-order valence-corrected chi connectivity index (χ3v) is 6.53. The molecule has 0 bridgehead atoms. The summed E-state index contributed by atoms with van der Waals surface area (Å²) < 4.78 is 5.64. The number of hydroxylamine groups is 2. The van der Waals surface area contributed by atoms with Crippen molar-refractivity contribution in [2.24, 2.45) is 11.8 Å². The highest BCUT2D eigenvalue weighted by Crippen LogP contribution is 2.29. The molecule has 1 amide bonds. The quantitative estimate of drug-likeness (QED) is 0.399. The van der Waals surface area contributed by atoms with Crippen molar-refractivity contribution in [3.63, 3.8) is 0 Å². The maximum atomic E-state index is 13.3. The molecule has 2 N–H and O–H groups in total. The second-order valence-corrected chi connectivity index (χ2v) is 8.82. The van der Waals surface area contributed by atoms with Crippen LogP contribution in [0.1, 0.15) is 44.6 Å². The Morgan fingerprint density at radius 3 is 2.76 bits per heavy atom. The molecule has 2 aliphatic heterocycles. The fourth-order valence-electron chi connectivity index (χ4n) is 4.67. The normalized spacial score (nSPS) is 21.4. The number of methoxy groups -OCH3 is 1. The molecule has 1 aromatic rings. The SMILES string of the molecule is CO[C@@H]([C@@H]1CCCN1)[C@@H](C)C(=O)C[C@@H](Cc1ccc(O)c([N+](=O)[O-])c1)C(=O)N1CCCCO1. The summed E-state index contributed by atoms with van der Waals surface area (Å²) in [7, 11) is 1.59. The molecule has 4 atom stereocenters. The van der Waals surface area contributed by atoms with E-state index in [2.05, 4.69) is 5.32 Å². The van der Waals surface area contributed by atoms with Gasteiger partial charge in [0.15, 0.2) is 5.75 Å². The van der Waals surface area contributed by atoms with Crippen molar-refractivity contribution in [2.45, 2.75) is 57.6 Å². The fraction of sp³-hybridized carbons (Fsp3) is 0.652. The number of carbonyl (C=O) groups excluding carboxylic acids is 2. The monoisotopic (exact) mass is 463 g/mol. The Morgan fingerprint density at radius 1 is 1.36 bits per heavy atom. The smallest absolute Gasteiger partial charge is 0.310 e. The van der Waals surface area contributed by atoms with Crippen LogP contribution in [0.3, 0.4) is 0 Å². The summed E-state index contributed by atoms with van der Waals surface area (Å²) in [5, 5.41) is 25.7. The molecule has 0 unspecified atom stereocenters. The van der Waals surface area contributed by atoms with E-state index in [1.54, 1.807) is 7.11 Å². The third kappa shape index (κ3) is 6.27. The van der Waals surface area contributed by atoms with Gasteiger partial charge in [0.25, 0.3) is 0 Å². The lowest BCUT2D eigenvalue weighted by Gasteiger charge is -2.31. The minimum atomic E-state index is -0.740. The average molecular weight is 464 g/mol. The maximum absolute atomic E-state index is 13.3. The average Bonchev–Trinajstić information content (AvgIpc) is 3.34. The molecule has 10 nitrogen and oxygen atoms in total. The van der Waals surface area contributed by atoms with E-state index in [9.17, 15) is 24.8 Å². The molecule has 2 saturated heterocycles. The van der Waals surface area contributed by atoms with Crippen molar-refractivity contribution in [1.29, 1.82) is 0 Å². The van der Waals surface area contributed by atoms with E-state index < -0.39 is 28.2 Å². The van der Waals surface area contributed by atoms with Crippen LogP contribution >= 0.6 is 0 Å². The van der Waals surface area contributed by atoms with Crippen LogP contribution < -0.4 is 5.32 Å². The molecule has 0 aliphatic carbocycles. The zero-order valence-electron chi connectivity index (χ0n) is 19.2. The minimum Gasteiger partial charge on any atom is -0.502 e. The second-order valence-electron chi connectivity index (χ2n) is 8.82. The molecule has 0 aromatic heterocycles. The van der Waals surface area contributed by atoms with E-state index in [-0.39, 0.29) is 36.7 Å². The van der Waals surface area contributed by atoms with Crippen LogP contribution in [0.5, 0.6) is 5.75 Å². The van der Waals surface area contributed by atoms with Gasteiger partial charge in [-0.25, -0.2) is 5.06 Å². The topological polar surface area (TPSA) is 131 Å². The van der Waals surface area contributed by atoms with Crippen LogP contribution in [0.2, 0.25) is 0 Å². The summed E-state index contributed by atoms with van der Waals surface area (Å²) in [6.45, 7) is 3.59. The number of ether oxygens (including phenoxy) is 1. The lowest BCUT2D eigenvalue weighted by Crippen LogP contribution is -2.45. The number of rotatable bonds is 10. The number of hydrogen-bond donors (Lipinski definition) is 2. The van der Waals surface area contributed by atoms with Crippen molar-refractivity contribution < 1.29 is 29.2 Å². The van der Waals surface area contributed by atoms with E-state index in [4.69, 9.17) is 9.57 Å². The van der Waals surface area contributed by atoms with Crippen molar-refractivity contribution in [3.8, 4) is 5.75 Å². The second kappa shape index (κ2) is 11.5. The number of hydrogen-bond acceptors (Lipinski definition) is 8. The maximum Gasteiger partial charge on any atom is 0.310 e. The molecular formula is C23H33N3O7. The van der Waals surface area contributed by atoms with Gasteiger partial charge in [0, 0.05) is 38.1 Å². The summed E-state index contributed by atoms with van der Waals surface area (Å²) >= 11 is 0. The van der Waals surface area contributed by atoms with Gasteiger partial charge in [-0.2, -0.15) is 0 Å². The number of amides is 1. The first kappa shape index (κ1) is 25.1.